The fourth-order valence-corrected chi connectivity index (χ4v) is 2.54. The molecule has 2 amide bonds. The molecule has 2 atom stereocenters. The predicted molar refractivity (Wildman–Crippen MR) is 83.5 cm³/mol. The van der Waals surface area contributed by atoms with Crippen molar-refractivity contribution < 1.29 is 9.59 Å². The summed E-state index contributed by atoms with van der Waals surface area (Å²) in [6.45, 7) is 6.14. The normalized spacial score (nSPS) is 22.3. The first kappa shape index (κ1) is 17.5. The number of likely N-dealkylation sites (tertiary alicyclic amines) is 1. The highest BCUT2D eigenvalue weighted by Gasteiger charge is 2.30. The summed E-state index contributed by atoms with van der Waals surface area (Å²) in [7, 11) is 0. The first-order valence-corrected chi connectivity index (χ1v) is 7.80. The van der Waals surface area contributed by atoms with Crippen LogP contribution < -0.4 is 10.6 Å². The Morgan fingerprint density at radius 3 is 2.76 bits per heavy atom. The molecule has 2 N–H and O–H groups in total. The van der Waals surface area contributed by atoms with Crippen LogP contribution in [0, 0.1) is 18.3 Å². The monoisotopic (exact) mass is 293 g/mol. The van der Waals surface area contributed by atoms with Gasteiger partial charge < -0.3 is 10.6 Å². The van der Waals surface area contributed by atoms with Crippen LogP contribution in [-0.2, 0) is 9.59 Å². The van der Waals surface area contributed by atoms with Crippen molar-refractivity contribution in [2.24, 2.45) is 5.92 Å². The molecular formula is C16H27N3O2. The second-order valence-electron chi connectivity index (χ2n) is 5.68. The molecule has 1 aliphatic rings. The van der Waals surface area contributed by atoms with Gasteiger partial charge in [-0.25, -0.2) is 0 Å². The van der Waals surface area contributed by atoms with Crippen LogP contribution in [0.5, 0.6) is 0 Å². The average molecular weight is 293 g/mol. The van der Waals surface area contributed by atoms with Gasteiger partial charge in [0, 0.05) is 19.1 Å². The maximum absolute atomic E-state index is 12.1. The highest BCUT2D eigenvalue weighted by molar-refractivity contribution is 5.80. The molecule has 1 heterocycles. The zero-order valence-electron chi connectivity index (χ0n) is 13.2. The van der Waals surface area contributed by atoms with Crippen molar-refractivity contribution in [1.29, 1.82) is 0 Å². The topological polar surface area (TPSA) is 61.4 Å². The van der Waals surface area contributed by atoms with Crippen molar-refractivity contribution in [1.82, 2.24) is 15.5 Å². The van der Waals surface area contributed by atoms with Crippen molar-refractivity contribution in [3.63, 3.8) is 0 Å². The molecule has 1 saturated heterocycles. The molecular weight excluding hydrogens is 266 g/mol. The molecule has 1 rings (SSSR count). The van der Waals surface area contributed by atoms with Crippen molar-refractivity contribution >= 4 is 11.8 Å². The minimum absolute atomic E-state index is 0.0153. The number of terminal acetylenes is 1. The molecule has 0 aliphatic carbocycles. The van der Waals surface area contributed by atoms with Gasteiger partial charge in [-0.3, -0.25) is 14.5 Å². The molecule has 0 aromatic rings. The number of rotatable bonds is 7. The third-order valence-corrected chi connectivity index (χ3v) is 3.95. The van der Waals surface area contributed by atoms with Crippen LogP contribution in [0.25, 0.3) is 0 Å². The Balaban J connectivity index is 2.44. The summed E-state index contributed by atoms with van der Waals surface area (Å²) in [6, 6.07) is 0.321. The van der Waals surface area contributed by atoms with E-state index in [1.807, 2.05) is 0 Å². The van der Waals surface area contributed by atoms with Gasteiger partial charge in [-0.05, 0) is 26.2 Å². The minimum Gasteiger partial charge on any atom is -0.356 e. The lowest BCUT2D eigenvalue weighted by molar-refractivity contribution is -0.129. The summed E-state index contributed by atoms with van der Waals surface area (Å²) in [4.78, 5) is 25.9. The predicted octanol–water partition coefficient (Wildman–Crippen LogP) is 0.753. The van der Waals surface area contributed by atoms with Crippen LogP contribution in [0.1, 0.15) is 39.5 Å². The van der Waals surface area contributed by atoms with E-state index in [4.69, 9.17) is 6.42 Å². The summed E-state index contributed by atoms with van der Waals surface area (Å²) in [6.07, 6.45) is 9.03. The van der Waals surface area contributed by atoms with Gasteiger partial charge in [-0.1, -0.05) is 19.3 Å². The molecule has 1 aliphatic heterocycles. The fourth-order valence-electron chi connectivity index (χ4n) is 2.54. The number of unbranched alkanes of at least 4 members (excludes halogenated alkanes) is 1. The zero-order valence-corrected chi connectivity index (χ0v) is 13.2. The van der Waals surface area contributed by atoms with Gasteiger partial charge in [0.15, 0.2) is 0 Å². The van der Waals surface area contributed by atoms with E-state index in [9.17, 15) is 9.59 Å². The quantitative estimate of drug-likeness (QED) is 0.538. The molecule has 118 valence electrons. The van der Waals surface area contributed by atoms with Crippen molar-refractivity contribution in [3.05, 3.63) is 0 Å². The summed E-state index contributed by atoms with van der Waals surface area (Å²) in [5, 5.41) is 5.65. The lowest BCUT2D eigenvalue weighted by atomic mass is 9.92. The lowest BCUT2D eigenvalue weighted by Gasteiger charge is -2.36. The van der Waals surface area contributed by atoms with Crippen LogP contribution in [0.15, 0.2) is 0 Å². The Morgan fingerprint density at radius 2 is 2.10 bits per heavy atom. The van der Waals surface area contributed by atoms with Crippen LogP contribution in [0.4, 0.5) is 0 Å². The van der Waals surface area contributed by atoms with Crippen LogP contribution in [-0.4, -0.2) is 48.9 Å². The van der Waals surface area contributed by atoms with E-state index in [2.05, 4.69) is 35.3 Å². The minimum atomic E-state index is -0.0770. The van der Waals surface area contributed by atoms with Crippen molar-refractivity contribution in [3.8, 4) is 12.3 Å². The highest BCUT2D eigenvalue weighted by atomic mass is 16.2. The van der Waals surface area contributed by atoms with Crippen molar-refractivity contribution in [2.75, 3.05) is 26.2 Å². The van der Waals surface area contributed by atoms with Crippen LogP contribution >= 0.6 is 0 Å². The van der Waals surface area contributed by atoms with E-state index >= 15 is 0 Å². The first-order chi connectivity index (χ1) is 10.1. The molecule has 5 nitrogen and oxygen atoms in total. The molecule has 1 fully saturated rings. The van der Waals surface area contributed by atoms with Gasteiger partial charge >= 0.3 is 0 Å². The number of hydrogen-bond donors (Lipinski definition) is 2. The van der Waals surface area contributed by atoms with E-state index in [0.29, 0.717) is 19.1 Å². The number of nitrogens with one attached hydrogen (secondary N) is 2. The zero-order chi connectivity index (χ0) is 15.7. The Hall–Kier alpha value is -1.54. The summed E-state index contributed by atoms with van der Waals surface area (Å²) in [5.41, 5.74) is 0. The van der Waals surface area contributed by atoms with E-state index in [0.717, 1.165) is 32.2 Å². The molecule has 0 aromatic heterocycles. The highest BCUT2D eigenvalue weighted by Crippen LogP contribution is 2.21. The van der Waals surface area contributed by atoms with Gasteiger partial charge in [0.25, 0.3) is 0 Å². The molecule has 0 radical (unpaired) electrons. The summed E-state index contributed by atoms with van der Waals surface area (Å²) in [5.74, 6) is 2.41. The molecule has 0 bridgehead atoms. The molecule has 0 unspecified atom stereocenters. The fraction of sp³-hybridized carbons (Fsp3) is 0.750. The van der Waals surface area contributed by atoms with Gasteiger partial charge in [-0.2, -0.15) is 0 Å². The first-order valence-electron chi connectivity index (χ1n) is 7.80. The van der Waals surface area contributed by atoms with Gasteiger partial charge in [-0.15, -0.1) is 6.42 Å². The maximum atomic E-state index is 12.1. The number of hydrogen-bond acceptors (Lipinski definition) is 3. The number of piperidine rings is 1. The van der Waals surface area contributed by atoms with E-state index in [1.54, 1.807) is 0 Å². The standard InChI is InChI=1S/C16H27N3O2/c1-4-6-10-18-16(21)14-8-7-13(3)19(11-14)12-15(20)17-9-5-2/h2,13-14H,4,6-12H2,1,3H3,(H,17,20)(H,18,21)/t13-,14-/m0/s1. The number of carbonyl (C=O) groups excluding carboxylic acids is 2. The third kappa shape index (κ3) is 6.17. The van der Waals surface area contributed by atoms with E-state index in [-0.39, 0.29) is 24.3 Å². The Morgan fingerprint density at radius 1 is 1.33 bits per heavy atom. The maximum Gasteiger partial charge on any atom is 0.234 e. The lowest BCUT2D eigenvalue weighted by Crippen LogP contribution is -2.50. The summed E-state index contributed by atoms with van der Waals surface area (Å²) < 4.78 is 0. The van der Waals surface area contributed by atoms with Gasteiger partial charge in [0.2, 0.25) is 11.8 Å². The van der Waals surface area contributed by atoms with E-state index < -0.39 is 0 Å². The molecule has 5 heteroatoms. The average Bonchev–Trinajstić information content (AvgIpc) is 2.47. The van der Waals surface area contributed by atoms with Gasteiger partial charge in [0.05, 0.1) is 19.0 Å². The second-order valence-corrected chi connectivity index (χ2v) is 5.68. The van der Waals surface area contributed by atoms with E-state index in [1.165, 1.54) is 0 Å². The molecule has 0 saturated carbocycles. The molecule has 0 aromatic carbocycles. The number of carbonyl (C=O) groups is 2. The molecule has 0 spiro atoms. The second kappa shape index (κ2) is 9.41. The van der Waals surface area contributed by atoms with Crippen LogP contribution in [0.3, 0.4) is 0 Å². The smallest absolute Gasteiger partial charge is 0.234 e. The Kier molecular flexibility index (Phi) is 7.84. The SMILES string of the molecule is C#CCNC(=O)CN1C[C@@H](C(=O)NCCCC)CC[C@@H]1C. The largest absolute Gasteiger partial charge is 0.356 e. The Bertz CT molecular complexity index is 389. The number of amides is 2. The van der Waals surface area contributed by atoms with Crippen molar-refractivity contribution in [2.45, 2.75) is 45.6 Å². The number of nitrogens with zero attached hydrogens (tertiary/aromatic N) is 1. The Labute approximate surface area is 127 Å². The third-order valence-electron chi connectivity index (χ3n) is 3.95. The summed E-state index contributed by atoms with van der Waals surface area (Å²) >= 11 is 0. The van der Waals surface area contributed by atoms with Gasteiger partial charge in [0.1, 0.15) is 0 Å². The van der Waals surface area contributed by atoms with Crippen LogP contribution in [0.2, 0.25) is 0 Å². The molecule has 21 heavy (non-hydrogen) atoms.